The van der Waals surface area contributed by atoms with Gasteiger partial charge in [0.05, 0.1) is 10.6 Å². The van der Waals surface area contributed by atoms with E-state index in [0.717, 1.165) is 22.5 Å². The minimum atomic E-state index is -0.569. The molecule has 0 spiro atoms. The molecule has 0 radical (unpaired) electrons. The van der Waals surface area contributed by atoms with Crippen LogP contribution in [0.15, 0.2) is 22.4 Å². The maximum atomic E-state index is 11.1. The maximum Gasteiger partial charge on any atom is 0.344 e. The van der Waals surface area contributed by atoms with Crippen LogP contribution in [0.5, 0.6) is 0 Å². The minimum absolute atomic E-state index is 0.0265. The van der Waals surface area contributed by atoms with Crippen molar-refractivity contribution in [2.75, 3.05) is 5.43 Å². The van der Waals surface area contributed by atoms with E-state index in [9.17, 15) is 10.1 Å². The molecule has 0 aliphatic rings. The number of nitro groups is 1. The van der Waals surface area contributed by atoms with Crippen LogP contribution in [0.3, 0.4) is 0 Å². The van der Waals surface area contributed by atoms with Crippen molar-refractivity contribution < 1.29 is 4.92 Å². The third-order valence-corrected chi connectivity index (χ3v) is 3.35. The van der Waals surface area contributed by atoms with Crippen LogP contribution < -0.4 is 11.3 Å². The molecule has 9 nitrogen and oxygen atoms in total. The number of aromatic nitrogens is 4. The summed E-state index contributed by atoms with van der Waals surface area (Å²) in [6.45, 7) is 1.84. The van der Waals surface area contributed by atoms with Crippen molar-refractivity contribution in [3.63, 3.8) is 0 Å². The van der Waals surface area contributed by atoms with E-state index < -0.39 is 4.92 Å². The lowest BCUT2D eigenvalue weighted by Gasteiger charge is -2.05. The summed E-state index contributed by atoms with van der Waals surface area (Å²) in [5.41, 5.74) is 2.76. The average Bonchev–Trinajstić information content (AvgIpc) is 2.67. The molecule has 10 heteroatoms. The van der Waals surface area contributed by atoms with E-state index in [0.29, 0.717) is 0 Å². The van der Waals surface area contributed by atoms with Gasteiger partial charge in [-0.1, -0.05) is 0 Å². The number of nitrogens with one attached hydrogen (secondary N) is 1. The third-order valence-electron chi connectivity index (χ3n) is 2.27. The van der Waals surface area contributed by atoms with Crippen LogP contribution in [0, 0.1) is 17.0 Å². The minimum Gasteiger partial charge on any atom is -0.303 e. The molecule has 2 heterocycles. The smallest absolute Gasteiger partial charge is 0.303 e. The van der Waals surface area contributed by atoms with E-state index in [1.54, 1.807) is 11.7 Å². The van der Waals surface area contributed by atoms with Crippen molar-refractivity contribution in [3.8, 4) is 0 Å². The van der Waals surface area contributed by atoms with Gasteiger partial charge in [-0.05, 0) is 24.8 Å². The fourth-order valence-electron chi connectivity index (χ4n) is 1.49. The molecule has 0 saturated heterocycles. The second kappa shape index (κ2) is 5.20. The molecule has 0 bridgehead atoms. The third kappa shape index (κ3) is 2.63. The molecule has 0 atom stereocenters. The molecule has 19 heavy (non-hydrogen) atoms. The summed E-state index contributed by atoms with van der Waals surface area (Å²) in [4.78, 5) is 18.2. The molecule has 0 aromatic carbocycles. The van der Waals surface area contributed by atoms with E-state index >= 15 is 0 Å². The number of hydrazine groups is 1. The van der Waals surface area contributed by atoms with Crippen LogP contribution in [-0.4, -0.2) is 24.7 Å². The highest BCUT2D eigenvalue weighted by atomic mass is 32.2. The Morgan fingerprint density at radius 2 is 2.26 bits per heavy atom. The van der Waals surface area contributed by atoms with Crippen LogP contribution in [0.25, 0.3) is 0 Å². The molecule has 0 fully saturated rings. The van der Waals surface area contributed by atoms with Crippen LogP contribution in [0.4, 0.5) is 11.5 Å². The number of hydrogen-bond acceptors (Lipinski definition) is 8. The molecule has 2 aromatic heterocycles. The lowest BCUT2D eigenvalue weighted by atomic mass is 10.5. The zero-order chi connectivity index (χ0) is 14.0. The molecule has 0 unspecified atom stereocenters. The van der Waals surface area contributed by atoms with Crippen molar-refractivity contribution in [2.24, 2.45) is 12.9 Å². The number of nitrogens with zero attached hydrogens (tertiary/aromatic N) is 5. The fourth-order valence-corrected chi connectivity index (χ4v) is 2.46. The quantitative estimate of drug-likeness (QED) is 0.366. The Morgan fingerprint density at radius 1 is 1.53 bits per heavy atom. The van der Waals surface area contributed by atoms with Crippen LogP contribution in [0.1, 0.15) is 5.69 Å². The van der Waals surface area contributed by atoms with E-state index in [1.165, 1.54) is 6.33 Å². The van der Waals surface area contributed by atoms with Gasteiger partial charge in [-0.3, -0.25) is 14.8 Å². The average molecular weight is 281 g/mol. The van der Waals surface area contributed by atoms with Gasteiger partial charge in [0.25, 0.3) is 0 Å². The first-order chi connectivity index (χ1) is 9.02. The zero-order valence-corrected chi connectivity index (χ0v) is 11.0. The summed E-state index contributed by atoms with van der Waals surface area (Å²) < 4.78 is 1.63. The standard InChI is InChI=1S/C9H11N7O2S/c1-5-3-6(15(2)14-5)19-9-7(16(17)18)8(13-10)11-4-12-9/h3-4H,10H2,1-2H3,(H,11,12,13). The van der Waals surface area contributed by atoms with E-state index in [2.05, 4.69) is 20.5 Å². The van der Waals surface area contributed by atoms with Gasteiger partial charge < -0.3 is 5.43 Å². The first-order valence-corrected chi connectivity index (χ1v) is 5.99. The van der Waals surface area contributed by atoms with Crippen LogP contribution >= 0.6 is 11.8 Å². The van der Waals surface area contributed by atoms with Crippen LogP contribution in [0.2, 0.25) is 0 Å². The second-order valence-electron chi connectivity index (χ2n) is 3.63. The fraction of sp³-hybridized carbons (Fsp3) is 0.222. The first kappa shape index (κ1) is 13.2. The summed E-state index contributed by atoms with van der Waals surface area (Å²) in [5, 5.41) is 16.2. The van der Waals surface area contributed by atoms with Crippen LogP contribution in [-0.2, 0) is 7.05 Å². The molecule has 0 amide bonds. The number of rotatable bonds is 4. The van der Waals surface area contributed by atoms with Gasteiger partial charge in [-0.15, -0.1) is 0 Å². The summed E-state index contributed by atoms with van der Waals surface area (Å²) in [5.74, 6) is 5.19. The van der Waals surface area contributed by atoms with Crippen molar-refractivity contribution in [1.29, 1.82) is 0 Å². The van der Waals surface area contributed by atoms with Gasteiger partial charge in [-0.2, -0.15) is 5.10 Å². The Balaban J connectivity index is 2.45. The Labute approximate surface area is 112 Å². The molecule has 100 valence electrons. The van der Waals surface area contributed by atoms with Gasteiger partial charge in [0.15, 0.2) is 5.03 Å². The number of hydrogen-bond donors (Lipinski definition) is 2. The highest BCUT2D eigenvalue weighted by Crippen LogP contribution is 2.35. The SMILES string of the molecule is Cc1cc(Sc2ncnc(NN)c2[N+](=O)[O-])n(C)n1. The number of anilines is 1. The molecule has 2 rings (SSSR count). The lowest BCUT2D eigenvalue weighted by Crippen LogP contribution is -2.12. The number of nitrogen functional groups attached to an aromatic ring is 1. The molecular formula is C9H11N7O2S. The van der Waals surface area contributed by atoms with E-state index in [1.807, 2.05) is 13.0 Å². The van der Waals surface area contributed by atoms with Gasteiger partial charge in [0.2, 0.25) is 5.82 Å². The first-order valence-electron chi connectivity index (χ1n) is 5.17. The molecular weight excluding hydrogens is 270 g/mol. The summed E-state index contributed by atoms with van der Waals surface area (Å²) in [6, 6.07) is 1.81. The Kier molecular flexibility index (Phi) is 3.62. The van der Waals surface area contributed by atoms with Crippen molar-refractivity contribution in [3.05, 3.63) is 28.2 Å². The number of nitrogens with two attached hydrogens (primary N) is 1. The highest BCUT2D eigenvalue weighted by molar-refractivity contribution is 7.99. The van der Waals surface area contributed by atoms with Gasteiger partial charge in [0, 0.05) is 7.05 Å². The van der Waals surface area contributed by atoms with E-state index in [4.69, 9.17) is 5.84 Å². The monoisotopic (exact) mass is 281 g/mol. The number of aryl methyl sites for hydroxylation is 2. The van der Waals surface area contributed by atoms with Gasteiger partial charge in [-0.25, -0.2) is 15.8 Å². The lowest BCUT2D eigenvalue weighted by molar-refractivity contribution is -0.387. The second-order valence-corrected chi connectivity index (χ2v) is 4.64. The largest absolute Gasteiger partial charge is 0.344 e. The summed E-state index contributed by atoms with van der Waals surface area (Å²) >= 11 is 1.13. The Bertz CT molecular complexity index is 627. The van der Waals surface area contributed by atoms with Gasteiger partial charge >= 0.3 is 5.69 Å². The summed E-state index contributed by atoms with van der Waals surface area (Å²) in [7, 11) is 1.75. The van der Waals surface area contributed by atoms with Crippen molar-refractivity contribution in [2.45, 2.75) is 17.0 Å². The normalized spacial score (nSPS) is 10.5. The zero-order valence-electron chi connectivity index (χ0n) is 10.2. The maximum absolute atomic E-state index is 11.1. The van der Waals surface area contributed by atoms with Gasteiger partial charge in [0.1, 0.15) is 11.4 Å². The molecule has 3 N–H and O–H groups in total. The molecule has 0 aliphatic carbocycles. The van der Waals surface area contributed by atoms with Crippen molar-refractivity contribution >= 4 is 23.3 Å². The predicted molar refractivity (Wildman–Crippen MR) is 68.6 cm³/mol. The topological polar surface area (TPSA) is 125 Å². The Hall–Kier alpha value is -2.20. The molecule has 0 saturated carbocycles. The highest BCUT2D eigenvalue weighted by Gasteiger charge is 2.24. The Morgan fingerprint density at radius 3 is 2.79 bits per heavy atom. The molecule has 0 aliphatic heterocycles. The molecule has 2 aromatic rings. The predicted octanol–water partition coefficient (Wildman–Crippen LogP) is 0.864. The summed E-state index contributed by atoms with van der Waals surface area (Å²) in [6.07, 6.45) is 1.22. The van der Waals surface area contributed by atoms with E-state index in [-0.39, 0.29) is 16.5 Å². The van der Waals surface area contributed by atoms with Crippen molar-refractivity contribution in [1.82, 2.24) is 19.7 Å².